The second-order valence-electron chi connectivity index (χ2n) is 5.05. The van der Waals surface area contributed by atoms with Crippen molar-refractivity contribution in [2.75, 3.05) is 0 Å². The summed E-state index contributed by atoms with van der Waals surface area (Å²) in [5.41, 5.74) is 1.93. The Morgan fingerprint density at radius 2 is 2.25 bits per heavy atom. The van der Waals surface area contributed by atoms with Gasteiger partial charge in [0.05, 0.1) is 0 Å². The van der Waals surface area contributed by atoms with E-state index in [1.807, 2.05) is 0 Å². The van der Waals surface area contributed by atoms with E-state index in [0.717, 1.165) is 5.92 Å². The summed E-state index contributed by atoms with van der Waals surface area (Å²) in [6, 6.07) is 0. The van der Waals surface area contributed by atoms with E-state index in [4.69, 9.17) is 8.25 Å². The van der Waals surface area contributed by atoms with Crippen molar-refractivity contribution in [2.45, 2.75) is 36.0 Å². The Morgan fingerprint density at radius 3 is 2.58 bits per heavy atom. The summed E-state index contributed by atoms with van der Waals surface area (Å²) >= 11 is -1.14. The van der Waals surface area contributed by atoms with Crippen LogP contribution in [0.15, 0.2) is 12.2 Å². The average Bonchev–Trinajstić information content (AvgIpc) is 2.53. The molecule has 0 N–H and O–H groups in total. The molecule has 0 saturated heterocycles. The van der Waals surface area contributed by atoms with Gasteiger partial charge in [-0.2, -0.15) is 0 Å². The molecule has 0 radical (unpaired) electrons. The minimum atomic E-state index is -1.14. The maximum absolute atomic E-state index is 6.27. The Bertz CT molecular complexity index is 234. The third-order valence-corrected chi connectivity index (χ3v) is 14.9. The summed E-state index contributed by atoms with van der Waals surface area (Å²) in [4.78, 5) is 0. The summed E-state index contributed by atoms with van der Waals surface area (Å²) in [5, 5.41) is 0. The number of hydrogen-bond acceptors (Lipinski definition) is 0. The molecule has 0 aliphatic heterocycles. The van der Waals surface area contributed by atoms with Crippen LogP contribution >= 0.6 is 8.25 Å². The molecule has 0 amide bonds. The number of allylic oxidation sites excluding steroid dienone is 1. The van der Waals surface area contributed by atoms with E-state index in [-0.39, 0.29) is 0 Å². The molecule has 64 valence electrons. The molecule has 0 heterocycles. The van der Waals surface area contributed by atoms with Gasteiger partial charge in [-0.05, 0) is 0 Å². The first-order chi connectivity index (χ1) is 5.53. The van der Waals surface area contributed by atoms with Crippen LogP contribution in [0.1, 0.15) is 33.1 Å². The molecule has 2 saturated carbocycles. The van der Waals surface area contributed by atoms with E-state index < -0.39 is 23.3 Å². The third kappa shape index (κ3) is 1.00. The van der Waals surface area contributed by atoms with Crippen molar-refractivity contribution >= 4 is 8.25 Å². The molecule has 2 aliphatic rings. The van der Waals surface area contributed by atoms with Gasteiger partial charge in [0.1, 0.15) is 0 Å². The Hall–Kier alpha value is 0.965. The van der Waals surface area contributed by atoms with Crippen molar-refractivity contribution < 1.29 is 23.3 Å². The Balaban J connectivity index is 2.38. The van der Waals surface area contributed by atoms with Crippen molar-refractivity contribution in [1.82, 2.24) is 0 Å². The first kappa shape index (κ1) is 9.52. The van der Waals surface area contributed by atoms with E-state index >= 15 is 0 Å². The van der Waals surface area contributed by atoms with Gasteiger partial charge in [-0.3, -0.25) is 0 Å². The summed E-state index contributed by atoms with van der Waals surface area (Å²) < 4.78 is 0.537. The van der Waals surface area contributed by atoms with Gasteiger partial charge in [-0.25, -0.2) is 0 Å². The van der Waals surface area contributed by atoms with Gasteiger partial charge >= 0.3 is 91.1 Å². The molecule has 12 heavy (non-hydrogen) atoms. The second-order valence-corrected chi connectivity index (χ2v) is 13.7. The Labute approximate surface area is 90.6 Å². The molecule has 2 heteroatoms. The molecule has 0 aromatic heterocycles. The topological polar surface area (TPSA) is 0 Å². The SMILES string of the molecule is C=C1[C]2([Hg][Cl])CCC(C2)C1(C)C. The van der Waals surface area contributed by atoms with Crippen LogP contribution in [0.3, 0.4) is 0 Å². The van der Waals surface area contributed by atoms with Crippen LogP contribution in [0.2, 0.25) is 2.92 Å². The molecular weight excluding hydrogens is 356 g/mol. The zero-order chi connectivity index (χ0) is 8.98. The van der Waals surface area contributed by atoms with Crippen LogP contribution in [0.4, 0.5) is 0 Å². The standard InChI is InChI=1S/C10H15.ClH.Hg/c1-7-8-4-5-9(6-8)10(7,2)3;;/h9H,1,4-6H2,2-3H3;1H;/q;;+1/p-1. The third-order valence-electron chi connectivity index (χ3n) is 4.30. The van der Waals surface area contributed by atoms with Gasteiger partial charge in [-0.15, -0.1) is 0 Å². The summed E-state index contributed by atoms with van der Waals surface area (Å²) in [5.74, 6) is 0.906. The van der Waals surface area contributed by atoms with Gasteiger partial charge in [0.15, 0.2) is 0 Å². The van der Waals surface area contributed by atoms with E-state index in [1.165, 1.54) is 24.8 Å². The molecule has 2 bridgehead atoms. The summed E-state index contributed by atoms with van der Waals surface area (Å²) in [7, 11) is 6.27. The van der Waals surface area contributed by atoms with Gasteiger partial charge in [0.25, 0.3) is 0 Å². The molecule has 2 unspecified atom stereocenters. The van der Waals surface area contributed by atoms with Crippen molar-refractivity contribution in [3.8, 4) is 0 Å². The van der Waals surface area contributed by atoms with Crippen LogP contribution in [0, 0.1) is 11.3 Å². The molecule has 2 rings (SSSR count). The van der Waals surface area contributed by atoms with Crippen LogP contribution in [-0.2, 0) is 23.3 Å². The number of rotatable bonds is 1. The van der Waals surface area contributed by atoms with Crippen molar-refractivity contribution in [3.05, 3.63) is 12.2 Å². The molecule has 2 aliphatic carbocycles. The number of fused-ring (bicyclic) bond motifs is 2. The minimum absolute atomic E-state index is 0.410. The van der Waals surface area contributed by atoms with Gasteiger partial charge in [0.2, 0.25) is 0 Å². The molecule has 2 fully saturated rings. The van der Waals surface area contributed by atoms with Crippen LogP contribution in [-0.4, -0.2) is 0 Å². The molecule has 0 aromatic carbocycles. The molecule has 0 aromatic rings. The van der Waals surface area contributed by atoms with Crippen LogP contribution in [0.25, 0.3) is 0 Å². The molecule has 0 spiro atoms. The maximum atomic E-state index is 6.27. The van der Waals surface area contributed by atoms with Crippen LogP contribution < -0.4 is 0 Å². The van der Waals surface area contributed by atoms with E-state index in [0.29, 0.717) is 8.34 Å². The molecule has 2 atom stereocenters. The van der Waals surface area contributed by atoms with E-state index in [1.54, 1.807) is 0 Å². The zero-order valence-electron chi connectivity index (χ0n) is 7.99. The number of halogens is 1. The quantitative estimate of drug-likeness (QED) is 0.486. The fourth-order valence-electron chi connectivity index (χ4n) is 3.15. The van der Waals surface area contributed by atoms with E-state index in [9.17, 15) is 0 Å². The first-order valence-corrected chi connectivity index (χ1v) is 14.3. The number of hydrogen-bond donors (Lipinski definition) is 0. The summed E-state index contributed by atoms with van der Waals surface area (Å²) in [6.45, 7) is 9.03. The molecular formula is C10H15ClHg. The zero-order valence-corrected chi connectivity index (χ0v) is 14.2. The Morgan fingerprint density at radius 1 is 1.58 bits per heavy atom. The Kier molecular flexibility index (Phi) is 2.16. The average molecular weight is 371 g/mol. The van der Waals surface area contributed by atoms with Crippen LogP contribution in [0.5, 0.6) is 0 Å². The van der Waals surface area contributed by atoms with Gasteiger partial charge in [-0.1, -0.05) is 0 Å². The van der Waals surface area contributed by atoms with Gasteiger partial charge < -0.3 is 0 Å². The van der Waals surface area contributed by atoms with Crippen molar-refractivity contribution in [3.63, 3.8) is 0 Å². The van der Waals surface area contributed by atoms with Gasteiger partial charge in [0, 0.05) is 0 Å². The predicted octanol–water partition coefficient (Wildman–Crippen LogP) is 3.78. The van der Waals surface area contributed by atoms with E-state index in [2.05, 4.69) is 20.4 Å². The predicted molar refractivity (Wildman–Crippen MR) is 48.8 cm³/mol. The second kappa shape index (κ2) is 2.73. The molecule has 0 nitrogen and oxygen atoms in total. The fourth-order valence-corrected chi connectivity index (χ4v) is 12.2. The van der Waals surface area contributed by atoms with Crippen molar-refractivity contribution in [2.24, 2.45) is 11.3 Å². The monoisotopic (exact) mass is 372 g/mol. The normalized spacial score (nSPS) is 43.2. The fraction of sp³-hybridized carbons (Fsp3) is 0.800. The van der Waals surface area contributed by atoms with Crippen molar-refractivity contribution in [1.29, 1.82) is 0 Å². The summed E-state index contributed by atoms with van der Waals surface area (Å²) in [6.07, 6.45) is 4.19. The first-order valence-electron chi connectivity index (χ1n) is 4.79.